The Labute approximate surface area is 327 Å². The predicted molar refractivity (Wildman–Crippen MR) is 188 cm³/mol. The molecule has 1 fully saturated rings. The molecule has 54 heavy (non-hydrogen) atoms. The molecular weight excluding hydrogens is 820 g/mol. The van der Waals surface area contributed by atoms with Crippen molar-refractivity contribution >= 4 is 62.3 Å². The van der Waals surface area contributed by atoms with Gasteiger partial charge in [0.15, 0.2) is 17.4 Å². The van der Waals surface area contributed by atoms with Crippen LogP contribution in [0.25, 0.3) is 0 Å². The van der Waals surface area contributed by atoms with Gasteiger partial charge in [-0.05, 0) is 55.4 Å². The van der Waals surface area contributed by atoms with Crippen molar-refractivity contribution < 1.29 is 72.7 Å². The van der Waals surface area contributed by atoms with Crippen LogP contribution >= 0.6 is 11.3 Å². The molecule has 0 saturated carbocycles. The molecule has 2 atom stereocenters. The Bertz CT molecular complexity index is 1860. The van der Waals surface area contributed by atoms with Crippen molar-refractivity contribution in [3.63, 3.8) is 0 Å². The van der Waals surface area contributed by atoms with Gasteiger partial charge in [0.05, 0.1) is 46.5 Å². The molecule has 302 valence electrons. The highest BCUT2D eigenvalue weighted by atomic mass is 79.9. The van der Waals surface area contributed by atoms with Crippen LogP contribution in [0.2, 0.25) is 0 Å². The van der Waals surface area contributed by atoms with E-state index in [-0.39, 0.29) is 57.7 Å². The van der Waals surface area contributed by atoms with Gasteiger partial charge in [-0.15, -0.1) is 16.4 Å². The van der Waals surface area contributed by atoms with Crippen LogP contribution < -0.4 is 32.9 Å². The molecule has 0 radical (unpaired) electrons. The minimum Gasteiger partial charge on any atom is -1.00 e. The summed E-state index contributed by atoms with van der Waals surface area (Å²) in [4.78, 5) is 73.9. The number of hydrogen-bond acceptors (Lipinski definition) is 15. The number of amides is 4. The molecule has 0 aromatic carbocycles. The smallest absolute Gasteiger partial charge is 0.413 e. The zero-order valence-corrected chi connectivity index (χ0v) is 35.0. The maximum atomic E-state index is 13.8. The molecule has 4 N–H and O–H groups in total. The minimum absolute atomic E-state index is 0. The van der Waals surface area contributed by atoms with Gasteiger partial charge in [0.25, 0.3) is 17.7 Å². The number of rotatable bonds is 14. The van der Waals surface area contributed by atoms with E-state index in [0.29, 0.717) is 10.2 Å². The highest BCUT2D eigenvalue weighted by Crippen LogP contribution is 2.26. The van der Waals surface area contributed by atoms with Crippen LogP contribution in [0.1, 0.15) is 66.8 Å². The number of nitrogens with one attached hydrogen (secondary N) is 3. The highest BCUT2D eigenvalue weighted by Gasteiger charge is 2.54. The molecule has 0 unspecified atom stereocenters. The quantitative estimate of drug-likeness (QED) is 0.0381. The standard InChI is InChI=1S/C30H46N10O11S2.BrH/c1-28(2,3)49-25(44)30(7,8)51-36-21(18-16-52-26(32-18)34-27(45)50-29(4,5)6)23(42)33-22-19(39(24(22)43)53(46,47)48)14-38-13-17(35-37-38)12-31-20(41)15-40(9,10)11;/h13,16,19,22H,12,14-15H2,1-11H3,(H3-,31,32,33,34,41,42,45,46,47,48);1H/b36-21+;/t19-,22+;/m1./s1. The third-order valence-electron chi connectivity index (χ3n) is 6.57. The first-order valence-corrected chi connectivity index (χ1v) is 18.4. The summed E-state index contributed by atoms with van der Waals surface area (Å²) < 4.78 is 46.5. The van der Waals surface area contributed by atoms with Crippen molar-refractivity contribution in [2.75, 3.05) is 33.0 Å². The van der Waals surface area contributed by atoms with E-state index in [1.807, 2.05) is 21.1 Å². The second-order valence-electron chi connectivity index (χ2n) is 15.5. The molecule has 2 aromatic rings. The number of anilines is 1. The fourth-order valence-corrected chi connectivity index (χ4v) is 5.91. The minimum atomic E-state index is -5.09. The Morgan fingerprint density at radius 1 is 1.04 bits per heavy atom. The molecule has 1 saturated heterocycles. The fraction of sp³-hybridized carbons (Fsp3) is 0.633. The number of thiazole rings is 1. The molecule has 3 heterocycles. The average Bonchev–Trinajstić information content (AvgIpc) is 3.60. The number of oxime groups is 1. The zero-order valence-electron chi connectivity index (χ0n) is 31.8. The highest BCUT2D eigenvalue weighted by molar-refractivity contribution is 7.84. The SMILES string of the molecule is CC(C)(C)OC(=O)Nc1nc(/C(=N\OC(C)(C)C(=O)OC(C)(C)C)C(=O)N[C@@H]2C(=O)N(S(=O)(=O)O)[C@@H]2Cn2cc(CNC(=O)C[N+](C)(C)C)nn2)cs1.[Br-]. The second-order valence-corrected chi connectivity index (χ2v) is 17.6. The van der Waals surface area contributed by atoms with Gasteiger partial charge in [0.1, 0.15) is 28.6 Å². The summed E-state index contributed by atoms with van der Waals surface area (Å²) in [5.74, 6) is -3.35. The Balaban J connectivity index is 0.0000101. The third kappa shape index (κ3) is 13.5. The normalized spacial score (nSPS) is 16.8. The maximum absolute atomic E-state index is 13.8. The number of β-lactam (4-membered cyclic amide) rings is 1. The summed E-state index contributed by atoms with van der Waals surface area (Å²) in [6.45, 7) is 12.4. The van der Waals surface area contributed by atoms with Crippen LogP contribution in [-0.2, 0) is 56.9 Å². The van der Waals surface area contributed by atoms with Crippen LogP contribution in [0.15, 0.2) is 16.7 Å². The molecule has 1 aliphatic heterocycles. The molecular formula is C30H47BrN10O11S2. The number of nitrogens with zero attached hydrogens (tertiary/aromatic N) is 7. The van der Waals surface area contributed by atoms with E-state index in [9.17, 15) is 36.9 Å². The number of esters is 1. The average molecular weight is 868 g/mol. The first kappa shape index (κ1) is 45.9. The summed E-state index contributed by atoms with van der Waals surface area (Å²) >= 11 is 0.889. The lowest BCUT2D eigenvalue weighted by Crippen LogP contribution is -3.00. The van der Waals surface area contributed by atoms with E-state index in [2.05, 4.69) is 36.4 Å². The summed E-state index contributed by atoms with van der Waals surface area (Å²) in [6, 6.07) is -2.95. The number of carbonyl (C=O) groups is 5. The molecule has 21 nitrogen and oxygen atoms in total. The molecule has 1 aliphatic rings. The molecule has 0 aliphatic carbocycles. The van der Waals surface area contributed by atoms with Crippen molar-refractivity contribution in [1.29, 1.82) is 0 Å². The Kier molecular flexibility index (Phi) is 14.5. The van der Waals surface area contributed by atoms with Crippen LogP contribution in [-0.4, -0.2) is 134 Å². The lowest BCUT2D eigenvalue weighted by atomic mass is 9.98. The number of carbonyl (C=O) groups excluding carboxylic acids is 5. The Morgan fingerprint density at radius 3 is 2.20 bits per heavy atom. The van der Waals surface area contributed by atoms with Crippen LogP contribution in [0.4, 0.5) is 9.93 Å². The number of hydrogen-bond donors (Lipinski definition) is 4. The molecule has 3 rings (SSSR count). The number of likely N-dealkylation sites (N-methyl/N-ethyl adjacent to an activating group) is 1. The topological polar surface area (TPSA) is 263 Å². The summed E-state index contributed by atoms with van der Waals surface area (Å²) in [6.07, 6.45) is 0.559. The Morgan fingerprint density at radius 2 is 1.65 bits per heavy atom. The van der Waals surface area contributed by atoms with Crippen LogP contribution in [0, 0.1) is 0 Å². The van der Waals surface area contributed by atoms with Crippen molar-refractivity contribution in [1.82, 2.24) is 34.9 Å². The summed E-state index contributed by atoms with van der Waals surface area (Å²) in [5, 5.41) is 20.6. The number of ether oxygens (including phenoxy) is 2. The summed E-state index contributed by atoms with van der Waals surface area (Å²) in [5.41, 5.74) is -3.88. The van der Waals surface area contributed by atoms with Gasteiger partial charge in [-0.25, -0.2) is 23.6 Å². The maximum Gasteiger partial charge on any atom is 0.413 e. The number of halogens is 1. The molecule has 0 bridgehead atoms. The van der Waals surface area contributed by atoms with E-state index in [0.717, 1.165) is 11.3 Å². The Hall–Kier alpha value is -4.26. The van der Waals surface area contributed by atoms with Crippen molar-refractivity contribution in [3.05, 3.63) is 23.0 Å². The van der Waals surface area contributed by atoms with Gasteiger partial charge < -0.3 is 46.4 Å². The van der Waals surface area contributed by atoms with Gasteiger partial charge in [-0.1, -0.05) is 10.4 Å². The van der Waals surface area contributed by atoms with Crippen LogP contribution in [0.5, 0.6) is 0 Å². The first-order chi connectivity index (χ1) is 24.0. The van der Waals surface area contributed by atoms with Gasteiger partial charge in [0.2, 0.25) is 5.60 Å². The lowest BCUT2D eigenvalue weighted by Gasteiger charge is -2.43. The van der Waals surface area contributed by atoms with E-state index in [1.165, 1.54) is 30.1 Å². The van der Waals surface area contributed by atoms with Crippen molar-refractivity contribution in [2.45, 2.75) is 97.4 Å². The van der Waals surface area contributed by atoms with E-state index < -0.39 is 68.8 Å². The predicted octanol–water partition coefficient (Wildman–Crippen LogP) is -2.55. The third-order valence-corrected chi connectivity index (χ3v) is 8.28. The van der Waals surface area contributed by atoms with Crippen molar-refractivity contribution in [3.8, 4) is 0 Å². The largest absolute Gasteiger partial charge is 1.00 e. The molecule has 0 spiro atoms. The molecule has 4 amide bonds. The van der Waals surface area contributed by atoms with Gasteiger partial charge in [-0.3, -0.25) is 24.3 Å². The van der Waals surface area contributed by atoms with E-state index in [4.69, 9.17) is 14.3 Å². The van der Waals surface area contributed by atoms with Crippen molar-refractivity contribution in [2.24, 2.45) is 5.16 Å². The van der Waals surface area contributed by atoms with Gasteiger partial charge in [-0.2, -0.15) is 8.42 Å². The zero-order chi connectivity index (χ0) is 40.3. The lowest BCUT2D eigenvalue weighted by molar-refractivity contribution is -0.862. The number of quaternary nitrogens is 1. The molecule has 2 aromatic heterocycles. The second kappa shape index (κ2) is 17.0. The number of aromatic nitrogens is 4. The summed E-state index contributed by atoms with van der Waals surface area (Å²) in [7, 11) is 0.442. The fourth-order valence-electron chi connectivity index (χ4n) is 4.36. The van der Waals surface area contributed by atoms with Crippen LogP contribution in [0.3, 0.4) is 0 Å². The van der Waals surface area contributed by atoms with E-state index in [1.54, 1.807) is 41.5 Å². The van der Waals surface area contributed by atoms with E-state index >= 15 is 0 Å². The first-order valence-electron chi connectivity index (χ1n) is 16.1. The monoisotopic (exact) mass is 866 g/mol. The van der Waals surface area contributed by atoms with Gasteiger partial charge in [0, 0.05) is 5.38 Å². The van der Waals surface area contributed by atoms with Gasteiger partial charge >= 0.3 is 22.4 Å². The molecule has 24 heteroatoms.